The number of sulfonamides is 1. The molecule has 1 aromatic heterocycles. The molecule has 1 N–H and O–H groups in total. The van der Waals surface area contributed by atoms with Gasteiger partial charge in [-0.25, -0.2) is 13.4 Å². The maximum atomic E-state index is 13.2. The summed E-state index contributed by atoms with van der Waals surface area (Å²) in [7, 11) is -3.56. The fraction of sp³-hybridized carbons (Fsp3) is 0.519. The van der Waals surface area contributed by atoms with Crippen LogP contribution in [-0.4, -0.2) is 49.1 Å². The van der Waals surface area contributed by atoms with E-state index in [1.165, 1.54) is 37.4 Å². The number of hydrogen-bond donors (Lipinski definition) is 1. The largest absolute Gasteiger partial charge is 0.367 e. The van der Waals surface area contributed by atoms with E-state index in [1.807, 2.05) is 18.2 Å². The van der Waals surface area contributed by atoms with Crippen molar-refractivity contribution in [2.75, 3.05) is 25.0 Å². The second-order valence-electron chi connectivity index (χ2n) is 10.00. The maximum absolute atomic E-state index is 13.2. The first-order chi connectivity index (χ1) is 17.0. The first kappa shape index (κ1) is 24.0. The SMILES string of the molecule is N#Cc1cccc(C(CN=C2CCN(S(=O)(=O)c3ccc(NC4CCCC4)nc3)CC2)C2CC2)c1. The van der Waals surface area contributed by atoms with Crippen LogP contribution in [0.4, 0.5) is 5.82 Å². The highest BCUT2D eigenvalue weighted by Gasteiger charge is 2.33. The lowest BCUT2D eigenvalue weighted by Gasteiger charge is -2.27. The van der Waals surface area contributed by atoms with Crippen molar-refractivity contribution in [3.05, 3.63) is 53.7 Å². The highest BCUT2D eigenvalue weighted by Crippen LogP contribution is 2.43. The molecular weight excluding hydrogens is 458 g/mol. The van der Waals surface area contributed by atoms with Gasteiger partial charge >= 0.3 is 0 Å². The smallest absolute Gasteiger partial charge is 0.244 e. The van der Waals surface area contributed by atoms with Crippen molar-refractivity contribution < 1.29 is 8.42 Å². The van der Waals surface area contributed by atoms with Crippen LogP contribution in [0.5, 0.6) is 0 Å². The van der Waals surface area contributed by atoms with Gasteiger partial charge in [0.05, 0.1) is 11.6 Å². The van der Waals surface area contributed by atoms with Crippen molar-refractivity contribution >= 4 is 21.6 Å². The van der Waals surface area contributed by atoms with Crippen LogP contribution in [0.3, 0.4) is 0 Å². The molecule has 7 nitrogen and oxygen atoms in total. The summed E-state index contributed by atoms with van der Waals surface area (Å²) in [6, 6.07) is 14.0. The zero-order valence-electron chi connectivity index (χ0n) is 20.1. The zero-order chi connectivity index (χ0) is 24.3. The third kappa shape index (κ3) is 5.74. The van der Waals surface area contributed by atoms with E-state index in [-0.39, 0.29) is 4.90 Å². The molecule has 184 valence electrons. The van der Waals surface area contributed by atoms with Crippen LogP contribution in [-0.2, 0) is 10.0 Å². The van der Waals surface area contributed by atoms with Crippen LogP contribution in [0.25, 0.3) is 0 Å². The van der Waals surface area contributed by atoms with Gasteiger partial charge in [-0.05, 0) is 74.3 Å². The van der Waals surface area contributed by atoms with Crippen LogP contribution in [0, 0.1) is 17.2 Å². The predicted octanol–water partition coefficient (Wildman–Crippen LogP) is 4.73. The Morgan fingerprint density at radius 1 is 1.11 bits per heavy atom. The standard InChI is InChI=1S/C27H33N5O2S/c28-17-20-4-3-5-22(16-20)26(21-8-9-21)19-29-23-12-14-32(15-13-23)35(33,34)25-10-11-27(30-18-25)31-24-6-1-2-7-24/h3-5,10-11,16,18,21,24,26H,1-2,6-9,12-15,19H2,(H,30,31). The van der Waals surface area contributed by atoms with Crippen molar-refractivity contribution in [3.8, 4) is 6.07 Å². The number of anilines is 1. The van der Waals surface area contributed by atoms with Crippen LogP contribution >= 0.6 is 0 Å². The average molecular weight is 492 g/mol. The molecule has 0 amide bonds. The summed E-state index contributed by atoms with van der Waals surface area (Å²) in [6.07, 6.45) is 9.97. The average Bonchev–Trinajstić information content (AvgIpc) is 3.60. The number of aliphatic imine (C=N–C) groups is 1. The Hall–Kier alpha value is -2.76. The van der Waals surface area contributed by atoms with E-state index in [0.717, 1.165) is 24.4 Å². The Labute approximate surface area is 208 Å². The first-order valence-electron chi connectivity index (χ1n) is 12.8. The van der Waals surface area contributed by atoms with E-state index in [0.29, 0.717) is 55.9 Å². The highest BCUT2D eigenvalue weighted by molar-refractivity contribution is 7.89. The van der Waals surface area contributed by atoms with Crippen molar-refractivity contribution in [1.29, 1.82) is 5.26 Å². The van der Waals surface area contributed by atoms with Crippen molar-refractivity contribution in [2.45, 2.75) is 68.2 Å². The Balaban J connectivity index is 1.18. The van der Waals surface area contributed by atoms with E-state index < -0.39 is 10.0 Å². The van der Waals surface area contributed by atoms with Gasteiger partial charge < -0.3 is 5.32 Å². The molecule has 1 aliphatic heterocycles. The number of benzene rings is 1. The van der Waals surface area contributed by atoms with E-state index in [1.54, 1.807) is 16.4 Å². The molecular formula is C27H33N5O2S. The molecule has 2 saturated carbocycles. The number of hydrogen-bond acceptors (Lipinski definition) is 6. The molecule has 0 bridgehead atoms. The summed E-state index contributed by atoms with van der Waals surface area (Å²) in [6.45, 7) is 1.60. The molecule has 2 heterocycles. The van der Waals surface area contributed by atoms with Gasteiger partial charge in [-0.2, -0.15) is 9.57 Å². The second-order valence-corrected chi connectivity index (χ2v) is 11.9. The Morgan fingerprint density at radius 3 is 2.54 bits per heavy atom. The summed E-state index contributed by atoms with van der Waals surface area (Å²) in [5.41, 5.74) is 2.97. The fourth-order valence-corrected chi connectivity index (χ4v) is 6.67. The number of nitriles is 1. The number of nitrogens with one attached hydrogen (secondary N) is 1. The topological polar surface area (TPSA) is 98.5 Å². The summed E-state index contributed by atoms with van der Waals surface area (Å²) < 4.78 is 27.9. The normalized spacial score (nSPS) is 20.4. The molecule has 2 aliphatic carbocycles. The molecule has 2 aromatic rings. The van der Waals surface area contributed by atoms with Gasteiger partial charge in [0, 0.05) is 43.5 Å². The third-order valence-electron chi connectivity index (χ3n) is 7.53. The van der Waals surface area contributed by atoms with Crippen LogP contribution in [0.2, 0.25) is 0 Å². The fourth-order valence-electron chi connectivity index (χ4n) is 5.28. The molecule has 5 rings (SSSR count). The van der Waals surface area contributed by atoms with Crippen molar-refractivity contribution in [1.82, 2.24) is 9.29 Å². The molecule has 3 fully saturated rings. The quantitative estimate of drug-likeness (QED) is 0.576. The molecule has 0 radical (unpaired) electrons. The van der Waals surface area contributed by atoms with E-state index in [9.17, 15) is 13.7 Å². The summed E-state index contributed by atoms with van der Waals surface area (Å²) in [5, 5.41) is 12.6. The monoisotopic (exact) mass is 491 g/mol. The lowest BCUT2D eigenvalue weighted by molar-refractivity contribution is 0.410. The zero-order valence-corrected chi connectivity index (χ0v) is 20.9. The van der Waals surface area contributed by atoms with Crippen molar-refractivity contribution in [2.24, 2.45) is 10.9 Å². The Morgan fingerprint density at radius 2 is 1.89 bits per heavy atom. The molecule has 0 spiro atoms. The lowest BCUT2D eigenvalue weighted by atomic mass is 9.93. The molecule has 1 aromatic carbocycles. The van der Waals surface area contributed by atoms with Gasteiger partial charge in [0.1, 0.15) is 10.7 Å². The molecule has 8 heteroatoms. The summed E-state index contributed by atoms with van der Waals surface area (Å²) in [5.74, 6) is 1.71. The van der Waals surface area contributed by atoms with Gasteiger partial charge in [-0.3, -0.25) is 4.99 Å². The summed E-state index contributed by atoms with van der Waals surface area (Å²) >= 11 is 0. The number of pyridine rings is 1. The number of nitrogens with zero attached hydrogens (tertiary/aromatic N) is 4. The van der Waals surface area contributed by atoms with Gasteiger partial charge in [-0.15, -0.1) is 0 Å². The minimum absolute atomic E-state index is 0.251. The number of aromatic nitrogens is 1. The van der Waals surface area contributed by atoms with Crippen molar-refractivity contribution in [3.63, 3.8) is 0 Å². The minimum atomic E-state index is -3.56. The van der Waals surface area contributed by atoms with Gasteiger partial charge in [-0.1, -0.05) is 25.0 Å². The molecule has 1 saturated heterocycles. The second kappa shape index (κ2) is 10.5. The van der Waals surface area contributed by atoms with Crippen LogP contribution < -0.4 is 5.32 Å². The Kier molecular flexibility index (Phi) is 7.17. The van der Waals surface area contributed by atoms with Gasteiger partial charge in [0.15, 0.2) is 0 Å². The van der Waals surface area contributed by atoms with Crippen LogP contribution in [0.1, 0.15) is 68.4 Å². The minimum Gasteiger partial charge on any atom is -0.367 e. The summed E-state index contributed by atoms with van der Waals surface area (Å²) in [4.78, 5) is 9.54. The maximum Gasteiger partial charge on any atom is 0.244 e. The van der Waals surface area contributed by atoms with Gasteiger partial charge in [0.25, 0.3) is 0 Å². The molecule has 35 heavy (non-hydrogen) atoms. The van der Waals surface area contributed by atoms with E-state index >= 15 is 0 Å². The van der Waals surface area contributed by atoms with Gasteiger partial charge in [0.2, 0.25) is 10.0 Å². The number of piperidine rings is 1. The Bertz CT molecular complexity index is 1200. The van der Waals surface area contributed by atoms with E-state index in [2.05, 4.69) is 22.4 Å². The number of rotatable bonds is 8. The first-order valence-corrected chi connectivity index (χ1v) is 14.2. The molecule has 1 atom stereocenters. The lowest BCUT2D eigenvalue weighted by Crippen LogP contribution is -2.38. The van der Waals surface area contributed by atoms with E-state index in [4.69, 9.17) is 4.99 Å². The highest BCUT2D eigenvalue weighted by atomic mass is 32.2. The van der Waals surface area contributed by atoms with Crippen LogP contribution in [0.15, 0.2) is 52.5 Å². The predicted molar refractivity (Wildman–Crippen MR) is 137 cm³/mol. The third-order valence-corrected chi connectivity index (χ3v) is 9.41. The molecule has 1 unspecified atom stereocenters. The molecule has 3 aliphatic rings.